The summed E-state index contributed by atoms with van der Waals surface area (Å²) in [6, 6.07) is 13.3. The topological polar surface area (TPSA) is 57.7 Å². The number of carbonyl (C=O) groups excluding carboxylic acids is 3. The number of rotatable bonds is 4. The zero-order chi connectivity index (χ0) is 22.3. The van der Waals surface area contributed by atoms with E-state index >= 15 is 0 Å². The Kier molecular flexibility index (Phi) is 6.77. The van der Waals surface area contributed by atoms with Gasteiger partial charge in [-0.1, -0.05) is 67.2 Å². The smallest absolute Gasteiger partial charge is 0.272 e. The molecule has 9 heteroatoms. The van der Waals surface area contributed by atoms with Crippen LogP contribution in [-0.2, 0) is 16.1 Å². The van der Waals surface area contributed by atoms with Gasteiger partial charge in [-0.3, -0.25) is 14.4 Å². The molecule has 2 aromatic rings. The maximum absolute atomic E-state index is 13.4. The van der Waals surface area contributed by atoms with Gasteiger partial charge >= 0.3 is 0 Å². The number of carbonyl (C=O) groups is 3. The molecule has 0 bridgehead atoms. The number of benzene rings is 2. The summed E-state index contributed by atoms with van der Waals surface area (Å²) in [7, 11) is 0. The summed E-state index contributed by atoms with van der Waals surface area (Å²) in [5, 5.41) is 3.34. The fourth-order valence-corrected chi connectivity index (χ4v) is 5.54. The lowest BCUT2D eigenvalue weighted by atomic mass is 9.81. The van der Waals surface area contributed by atoms with Crippen LogP contribution < -0.4 is 0 Å². The fraction of sp³-hybridized carbons (Fsp3) is 0.318. The number of nitrogens with zero attached hydrogens (tertiary/aromatic N) is 2. The van der Waals surface area contributed by atoms with Gasteiger partial charge in [0.2, 0.25) is 0 Å². The van der Waals surface area contributed by atoms with Crippen LogP contribution in [0.2, 0.25) is 10.0 Å². The van der Waals surface area contributed by atoms with Gasteiger partial charge in [0.15, 0.2) is 0 Å². The lowest BCUT2D eigenvalue weighted by Gasteiger charge is -2.30. The standard InChI is InChI=1S/C22H18Br2Cl2N2O3/c23-18-9-16-17(10-19(18)24)22(31)28(21(16)30)27(11-12-1-5-14(25)6-2-12)20(29)13-3-7-15(26)8-4-13/h1-8,16-19H,9-11H2/t16-,17+,18+,19-. The van der Waals surface area contributed by atoms with Gasteiger partial charge in [0.1, 0.15) is 0 Å². The number of amides is 3. The van der Waals surface area contributed by atoms with Crippen molar-refractivity contribution >= 4 is 72.8 Å². The van der Waals surface area contributed by atoms with E-state index in [4.69, 9.17) is 23.2 Å². The van der Waals surface area contributed by atoms with E-state index in [9.17, 15) is 14.4 Å². The SMILES string of the molecule is O=C(c1ccc(Cl)cc1)N(Cc1ccc(Cl)cc1)N1C(=O)[C@H]2C[C@@H](Br)[C@@H](Br)C[C@H]2C1=O. The fourth-order valence-electron chi connectivity index (χ4n) is 4.05. The Bertz CT molecular complexity index is 988. The van der Waals surface area contributed by atoms with Crippen molar-refractivity contribution in [3.63, 3.8) is 0 Å². The van der Waals surface area contributed by atoms with E-state index in [0.717, 1.165) is 10.6 Å². The lowest BCUT2D eigenvalue weighted by molar-refractivity contribution is -0.155. The maximum Gasteiger partial charge on any atom is 0.273 e. The molecule has 3 amide bonds. The number of fused-ring (bicyclic) bond motifs is 1. The second-order valence-electron chi connectivity index (χ2n) is 7.70. The monoisotopic (exact) mass is 586 g/mol. The summed E-state index contributed by atoms with van der Waals surface area (Å²) in [4.78, 5) is 40.2. The number of halogens is 4. The number of imide groups is 1. The van der Waals surface area contributed by atoms with Gasteiger partial charge in [-0.25, -0.2) is 5.01 Å². The number of hydrogen-bond donors (Lipinski definition) is 0. The Morgan fingerprint density at radius 3 is 1.81 bits per heavy atom. The van der Waals surface area contributed by atoms with Crippen molar-refractivity contribution in [2.24, 2.45) is 11.8 Å². The molecule has 4 atom stereocenters. The molecule has 4 rings (SSSR count). The van der Waals surface area contributed by atoms with Crippen molar-refractivity contribution in [1.82, 2.24) is 10.0 Å². The molecule has 2 aromatic carbocycles. The zero-order valence-corrected chi connectivity index (χ0v) is 20.9. The first-order chi connectivity index (χ1) is 14.8. The highest BCUT2D eigenvalue weighted by molar-refractivity contribution is 9.12. The molecule has 2 aliphatic rings. The van der Waals surface area contributed by atoms with E-state index in [1.165, 1.54) is 5.01 Å². The number of alkyl halides is 2. The lowest BCUT2D eigenvalue weighted by Crippen LogP contribution is -2.49. The van der Waals surface area contributed by atoms with Crippen LogP contribution in [0.3, 0.4) is 0 Å². The molecule has 31 heavy (non-hydrogen) atoms. The van der Waals surface area contributed by atoms with Crippen molar-refractivity contribution in [1.29, 1.82) is 0 Å². The van der Waals surface area contributed by atoms with Crippen LogP contribution in [0, 0.1) is 11.8 Å². The second-order valence-corrected chi connectivity index (χ2v) is 10.9. The minimum Gasteiger partial charge on any atom is -0.272 e. The highest BCUT2D eigenvalue weighted by Crippen LogP contribution is 2.44. The summed E-state index contributed by atoms with van der Waals surface area (Å²) in [5.41, 5.74) is 1.09. The molecule has 5 nitrogen and oxygen atoms in total. The quantitative estimate of drug-likeness (QED) is 0.351. The predicted molar refractivity (Wildman–Crippen MR) is 126 cm³/mol. The Labute approximate surface area is 206 Å². The highest BCUT2D eigenvalue weighted by Gasteiger charge is 2.54. The largest absolute Gasteiger partial charge is 0.273 e. The summed E-state index contributed by atoms with van der Waals surface area (Å²) in [5.74, 6) is -2.02. The Balaban J connectivity index is 1.70. The van der Waals surface area contributed by atoms with E-state index in [0.29, 0.717) is 28.5 Å². The third kappa shape index (κ3) is 4.56. The molecule has 0 N–H and O–H groups in total. The van der Waals surface area contributed by atoms with Crippen molar-refractivity contribution in [3.05, 3.63) is 69.7 Å². The van der Waals surface area contributed by atoms with E-state index in [1.807, 2.05) is 0 Å². The van der Waals surface area contributed by atoms with Gasteiger partial charge < -0.3 is 0 Å². The first-order valence-corrected chi connectivity index (χ1v) is 12.3. The summed E-state index contributed by atoms with van der Waals surface area (Å²) in [6.45, 7) is 0.0605. The summed E-state index contributed by atoms with van der Waals surface area (Å²) >= 11 is 19.1. The molecule has 1 aliphatic heterocycles. The highest BCUT2D eigenvalue weighted by atomic mass is 79.9. The molecule has 0 spiro atoms. The third-order valence-electron chi connectivity index (χ3n) is 5.70. The zero-order valence-electron chi connectivity index (χ0n) is 16.2. The van der Waals surface area contributed by atoms with E-state index < -0.39 is 17.7 Å². The van der Waals surface area contributed by atoms with Crippen LogP contribution in [0.1, 0.15) is 28.8 Å². The predicted octanol–water partition coefficient (Wildman–Crippen LogP) is 5.47. The molecule has 0 aromatic heterocycles. The van der Waals surface area contributed by atoms with Crippen molar-refractivity contribution in [3.8, 4) is 0 Å². The number of hydrazine groups is 1. The van der Waals surface area contributed by atoms with Crippen LogP contribution in [0.25, 0.3) is 0 Å². The maximum atomic E-state index is 13.4. The van der Waals surface area contributed by atoms with E-state index in [-0.39, 0.29) is 28.0 Å². The van der Waals surface area contributed by atoms with Gasteiger partial charge in [-0.15, -0.1) is 0 Å². The minimum absolute atomic E-state index is 0.0605. The molecular weight excluding hydrogens is 571 g/mol. The van der Waals surface area contributed by atoms with E-state index in [2.05, 4.69) is 31.9 Å². The molecule has 2 fully saturated rings. The molecule has 0 radical (unpaired) electrons. The second kappa shape index (κ2) is 9.22. The average molecular weight is 589 g/mol. The average Bonchev–Trinajstić information content (AvgIpc) is 2.98. The molecule has 1 saturated carbocycles. The molecule has 1 saturated heterocycles. The van der Waals surface area contributed by atoms with Crippen LogP contribution in [0.4, 0.5) is 0 Å². The van der Waals surface area contributed by atoms with Crippen molar-refractivity contribution < 1.29 is 14.4 Å². The van der Waals surface area contributed by atoms with Crippen LogP contribution >= 0.6 is 55.1 Å². The van der Waals surface area contributed by atoms with E-state index in [1.54, 1.807) is 48.5 Å². The number of hydrogen-bond acceptors (Lipinski definition) is 3. The molecular formula is C22H18Br2Cl2N2O3. The summed E-state index contributed by atoms with van der Waals surface area (Å²) in [6.07, 6.45) is 1.07. The third-order valence-corrected chi connectivity index (χ3v) is 8.94. The summed E-state index contributed by atoms with van der Waals surface area (Å²) < 4.78 is 0. The van der Waals surface area contributed by atoms with Gasteiger partial charge in [-0.2, -0.15) is 5.01 Å². The van der Waals surface area contributed by atoms with Crippen molar-refractivity contribution in [2.75, 3.05) is 0 Å². The normalized spacial score (nSPS) is 25.5. The van der Waals surface area contributed by atoms with Crippen LogP contribution in [0.15, 0.2) is 48.5 Å². The molecule has 0 unspecified atom stereocenters. The Morgan fingerprint density at radius 2 is 1.32 bits per heavy atom. The Morgan fingerprint density at radius 1 is 0.871 bits per heavy atom. The minimum atomic E-state index is -0.448. The van der Waals surface area contributed by atoms with Crippen LogP contribution in [-0.4, -0.2) is 37.4 Å². The first kappa shape index (κ1) is 22.8. The van der Waals surface area contributed by atoms with Crippen LogP contribution in [0.5, 0.6) is 0 Å². The van der Waals surface area contributed by atoms with Gasteiger partial charge in [0, 0.05) is 25.3 Å². The Hall–Kier alpha value is -1.41. The van der Waals surface area contributed by atoms with Gasteiger partial charge in [-0.05, 0) is 54.8 Å². The van der Waals surface area contributed by atoms with Gasteiger partial charge in [0.05, 0.1) is 18.4 Å². The molecule has 1 heterocycles. The molecule has 1 aliphatic carbocycles. The van der Waals surface area contributed by atoms with Crippen molar-refractivity contribution in [2.45, 2.75) is 29.0 Å². The van der Waals surface area contributed by atoms with Gasteiger partial charge in [0.25, 0.3) is 17.7 Å². The first-order valence-electron chi connectivity index (χ1n) is 9.74. The molecule has 162 valence electrons.